The second-order valence-corrected chi connectivity index (χ2v) is 3.63. The Hall–Kier alpha value is -2.87. The summed E-state index contributed by atoms with van der Waals surface area (Å²) < 4.78 is 0. The highest BCUT2D eigenvalue weighted by Gasteiger charge is 2.07. The third-order valence-corrected chi connectivity index (χ3v) is 2.45. The number of terminal acetylenes is 1. The van der Waals surface area contributed by atoms with Crippen molar-refractivity contribution in [3.05, 3.63) is 42.4 Å². The van der Waals surface area contributed by atoms with E-state index in [-0.39, 0.29) is 0 Å². The number of hydrogen-bond donors (Lipinski definition) is 2. The summed E-state index contributed by atoms with van der Waals surface area (Å²) >= 11 is 0. The summed E-state index contributed by atoms with van der Waals surface area (Å²) in [4.78, 5) is 15.5. The molecular formula is C13H9N5. The van der Waals surface area contributed by atoms with Crippen molar-refractivity contribution in [2.45, 2.75) is 0 Å². The summed E-state index contributed by atoms with van der Waals surface area (Å²) in [5.74, 6) is 2.96. The largest absolute Gasteiger partial charge is 0.341 e. The van der Waals surface area contributed by atoms with Crippen LogP contribution in [0.1, 0.15) is 5.69 Å². The number of anilines is 2. The van der Waals surface area contributed by atoms with E-state index < -0.39 is 0 Å². The quantitative estimate of drug-likeness (QED) is 0.667. The first-order valence-electron chi connectivity index (χ1n) is 5.36. The Balaban J connectivity index is 2.05. The first kappa shape index (κ1) is 10.3. The molecule has 18 heavy (non-hydrogen) atoms. The van der Waals surface area contributed by atoms with E-state index in [0.29, 0.717) is 22.8 Å². The van der Waals surface area contributed by atoms with Gasteiger partial charge in [0.1, 0.15) is 11.2 Å². The van der Waals surface area contributed by atoms with Gasteiger partial charge in [0, 0.05) is 5.69 Å². The predicted octanol–water partition coefficient (Wildman–Crippen LogP) is 2.08. The van der Waals surface area contributed by atoms with Crippen molar-refractivity contribution >= 4 is 22.8 Å². The van der Waals surface area contributed by atoms with Crippen molar-refractivity contribution in [1.82, 2.24) is 19.9 Å². The van der Waals surface area contributed by atoms with Crippen LogP contribution in [-0.4, -0.2) is 19.9 Å². The van der Waals surface area contributed by atoms with Gasteiger partial charge in [-0.2, -0.15) is 4.98 Å². The first-order chi connectivity index (χ1) is 8.86. The summed E-state index contributed by atoms with van der Waals surface area (Å²) in [5, 5.41) is 3.09. The highest BCUT2D eigenvalue weighted by molar-refractivity contribution is 5.77. The van der Waals surface area contributed by atoms with Crippen molar-refractivity contribution in [1.29, 1.82) is 0 Å². The molecule has 0 spiro atoms. The maximum absolute atomic E-state index is 5.42. The molecule has 0 aliphatic heterocycles. The second kappa shape index (κ2) is 4.18. The zero-order chi connectivity index (χ0) is 12.4. The molecule has 3 rings (SSSR count). The lowest BCUT2D eigenvalue weighted by Crippen LogP contribution is -1.99. The van der Waals surface area contributed by atoms with E-state index in [1.807, 2.05) is 30.3 Å². The van der Waals surface area contributed by atoms with E-state index >= 15 is 0 Å². The number of nitrogens with one attached hydrogen (secondary N) is 2. The lowest BCUT2D eigenvalue weighted by molar-refractivity contribution is 1.18. The summed E-state index contributed by atoms with van der Waals surface area (Å²) in [6.07, 6.45) is 6.97. The molecule has 86 valence electrons. The van der Waals surface area contributed by atoms with Gasteiger partial charge in [0.2, 0.25) is 5.95 Å². The molecule has 5 nitrogen and oxygen atoms in total. The van der Waals surface area contributed by atoms with Crippen molar-refractivity contribution in [2.24, 2.45) is 0 Å². The minimum absolute atomic E-state index is 0.439. The molecule has 0 saturated heterocycles. The fourth-order valence-corrected chi connectivity index (χ4v) is 1.64. The Morgan fingerprint density at radius 3 is 2.78 bits per heavy atom. The topological polar surface area (TPSA) is 66.5 Å². The average Bonchev–Trinajstić information content (AvgIpc) is 2.87. The molecule has 2 aromatic heterocycles. The number of aromatic nitrogens is 4. The number of H-pyrrole nitrogens is 1. The Bertz CT molecular complexity index is 724. The summed E-state index contributed by atoms with van der Waals surface area (Å²) in [6, 6.07) is 9.64. The number of para-hydroxylation sites is 1. The fourth-order valence-electron chi connectivity index (χ4n) is 1.64. The molecule has 0 saturated carbocycles. The summed E-state index contributed by atoms with van der Waals surface area (Å²) in [6.45, 7) is 0. The molecule has 3 aromatic rings. The van der Waals surface area contributed by atoms with Crippen LogP contribution in [0, 0.1) is 12.3 Å². The maximum Gasteiger partial charge on any atom is 0.230 e. The number of hydrogen-bond acceptors (Lipinski definition) is 4. The highest BCUT2D eigenvalue weighted by atomic mass is 15.1. The van der Waals surface area contributed by atoms with Gasteiger partial charge in [0.25, 0.3) is 0 Å². The molecule has 0 bridgehead atoms. The molecule has 1 aromatic carbocycles. The molecular weight excluding hydrogens is 226 g/mol. The van der Waals surface area contributed by atoms with Crippen LogP contribution >= 0.6 is 0 Å². The molecule has 2 N–H and O–H groups in total. The van der Waals surface area contributed by atoms with Gasteiger partial charge >= 0.3 is 0 Å². The van der Waals surface area contributed by atoms with E-state index in [4.69, 9.17) is 6.42 Å². The summed E-state index contributed by atoms with van der Waals surface area (Å²) in [7, 11) is 0. The van der Waals surface area contributed by atoms with Crippen LogP contribution in [0.15, 0.2) is 36.7 Å². The van der Waals surface area contributed by atoms with Crippen molar-refractivity contribution in [3.63, 3.8) is 0 Å². The van der Waals surface area contributed by atoms with Gasteiger partial charge in [-0.3, -0.25) is 0 Å². The van der Waals surface area contributed by atoms with Gasteiger partial charge in [-0.15, -0.1) is 6.42 Å². The normalized spacial score (nSPS) is 10.2. The Kier molecular flexibility index (Phi) is 2.39. The zero-order valence-corrected chi connectivity index (χ0v) is 9.38. The van der Waals surface area contributed by atoms with E-state index in [1.165, 1.54) is 0 Å². The lowest BCUT2D eigenvalue weighted by Gasteiger charge is -2.04. The van der Waals surface area contributed by atoms with Gasteiger partial charge in [-0.1, -0.05) is 18.2 Å². The molecule has 0 fully saturated rings. The smallest absolute Gasteiger partial charge is 0.230 e. The van der Waals surface area contributed by atoms with Crippen molar-refractivity contribution in [2.75, 3.05) is 5.32 Å². The highest BCUT2D eigenvalue weighted by Crippen LogP contribution is 2.16. The molecule has 0 aliphatic rings. The van der Waals surface area contributed by atoms with Crippen molar-refractivity contribution < 1.29 is 0 Å². The molecule has 2 heterocycles. The van der Waals surface area contributed by atoms with Crippen LogP contribution < -0.4 is 5.32 Å². The van der Waals surface area contributed by atoms with Crippen LogP contribution in [-0.2, 0) is 0 Å². The van der Waals surface area contributed by atoms with Gasteiger partial charge < -0.3 is 10.3 Å². The average molecular weight is 235 g/mol. The van der Waals surface area contributed by atoms with E-state index in [9.17, 15) is 0 Å². The van der Waals surface area contributed by atoms with Gasteiger partial charge in [0.15, 0.2) is 5.65 Å². The standard InChI is InChI=1S/C13H9N5/c1-2-10-11-12(15-8-14-11)18-13(17-10)16-9-6-4-3-5-7-9/h1,3-8H,(H2,14,15,16,17,18). The molecule has 0 unspecified atom stereocenters. The minimum atomic E-state index is 0.439. The number of aromatic amines is 1. The van der Waals surface area contributed by atoms with Crippen LogP contribution in [0.5, 0.6) is 0 Å². The SMILES string of the molecule is C#Cc1nc(Nc2ccccc2)nc2nc[nH]c12. The van der Waals surface area contributed by atoms with Gasteiger partial charge in [0.05, 0.1) is 6.33 Å². The Morgan fingerprint density at radius 1 is 1.17 bits per heavy atom. The zero-order valence-electron chi connectivity index (χ0n) is 9.38. The number of rotatable bonds is 2. The van der Waals surface area contributed by atoms with Gasteiger partial charge in [-0.05, 0) is 18.1 Å². The van der Waals surface area contributed by atoms with Crippen LogP contribution in [0.3, 0.4) is 0 Å². The summed E-state index contributed by atoms with van der Waals surface area (Å²) in [5.41, 5.74) is 2.62. The monoisotopic (exact) mass is 235 g/mol. The molecule has 0 aliphatic carbocycles. The number of benzene rings is 1. The molecule has 0 amide bonds. The third-order valence-electron chi connectivity index (χ3n) is 2.45. The minimum Gasteiger partial charge on any atom is -0.341 e. The molecule has 0 radical (unpaired) electrons. The number of nitrogens with zero attached hydrogens (tertiary/aromatic N) is 3. The Morgan fingerprint density at radius 2 is 2.00 bits per heavy atom. The molecule has 5 heteroatoms. The fraction of sp³-hybridized carbons (Fsp3) is 0. The maximum atomic E-state index is 5.42. The van der Waals surface area contributed by atoms with Crippen LogP contribution in [0.2, 0.25) is 0 Å². The third kappa shape index (κ3) is 1.76. The first-order valence-corrected chi connectivity index (χ1v) is 5.36. The van der Waals surface area contributed by atoms with Crippen LogP contribution in [0.4, 0.5) is 11.6 Å². The van der Waals surface area contributed by atoms with Crippen molar-refractivity contribution in [3.8, 4) is 12.3 Å². The predicted molar refractivity (Wildman–Crippen MR) is 69.3 cm³/mol. The number of fused-ring (bicyclic) bond motifs is 1. The van der Waals surface area contributed by atoms with E-state index in [0.717, 1.165) is 5.69 Å². The lowest BCUT2D eigenvalue weighted by atomic mass is 10.3. The van der Waals surface area contributed by atoms with E-state index in [2.05, 4.69) is 31.2 Å². The van der Waals surface area contributed by atoms with Gasteiger partial charge in [-0.25, -0.2) is 9.97 Å². The van der Waals surface area contributed by atoms with Crippen LogP contribution in [0.25, 0.3) is 11.2 Å². The number of imidazole rings is 1. The molecule has 0 atom stereocenters. The second-order valence-electron chi connectivity index (χ2n) is 3.63. The van der Waals surface area contributed by atoms with E-state index in [1.54, 1.807) is 6.33 Å². The Labute approximate surface area is 103 Å².